The van der Waals surface area contributed by atoms with E-state index in [0.717, 1.165) is 29.0 Å². The summed E-state index contributed by atoms with van der Waals surface area (Å²) in [5.41, 5.74) is 4.51. The Morgan fingerprint density at radius 3 is 2.75 bits per heavy atom. The van der Waals surface area contributed by atoms with E-state index in [9.17, 15) is 4.39 Å². The molecule has 0 saturated heterocycles. The number of anilines is 1. The van der Waals surface area contributed by atoms with Crippen LogP contribution in [0.2, 0.25) is 0 Å². The zero-order valence-electron chi connectivity index (χ0n) is 14.8. The Balaban J connectivity index is 2.04. The summed E-state index contributed by atoms with van der Waals surface area (Å²) in [6.45, 7) is 6.91. The average molecular weight is 326 g/mol. The lowest BCUT2D eigenvalue weighted by atomic mass is 10.1. The van der Waals surface area contributed by atoms with Crippen molar-refractivity contribution in [3.05, 3.63) is 53.2 Å². The molecule has 0 unspecified atom stereocenters. The van der Waals surface area contributed by atoms with Gasteiger partial charge in [0, 0.05) is 49.2 Å². The standard InChI is InChI=1S/C19H23FN4/c1-12(2)18-14(11-24(5)22-18)10-23(4)17-9-13(3)21-19-15(17)7-6-8-16(19)20/h6-9,11-12H,10H2,1-5H3. The van der Waals surface area contributed by atoms with Crippen molar-refractivity contribution in [1.29, 1.82) is 0 Å². The lowest BCUT2D eigenvalue weighted by Gasteiger charge is -2.22. The third-order valence-electron chi connectivity index (χ3n) is 4.20. The molecule has 1 aromatic carbocycles. The summed E-state index contributed by atoms with van der Waals surface area (Å²) in [6, 6.07) is 7.11. The fraction of sp³-hybridized carbons (Fsp3) is 0.368. The third-order valence-corrected chi connectivity index (χ3v) is 4.20. The number of rotatable bonds is 4. The van der Waals surface area contributed by atoms with Crippen LogP contribution in [-0.2, 0) is 13.6 Å². The van der Waals surface area contributed by atoms with E-state index in [1.807, 2.05) is 37.8 Å². The van der Waals surface area contributed by atoms with Crippen molar-refractivity contribution in [3.8, 4) is 0 Å². The minimum Gasteiger partial charge on any atom is -0.370 e. The molecule has 4 nitrogen and oxygen atoms in total. The molecule has 0 atom stereocenters. The number of aryl methyl sites for hydroxylation is 2. The lowest BCUT2D eigenvalue weighted by molar-refractivity contribution is 0.636. The molecule has 0 radical (unpaired) electrons. The second-order valence-electron chi connectivity index (χ2n) is 6.64. The van der Waals surface area contributed by atoms with E-state index in [0.29, 0.717) is 11.4 Å². The van der Waals surface area contributed by atoms with E-state index >= 15 is 0 Å². The van der Waals surface area contributed by atoms with Gasteiger partial charge in [0.15, 0.2) is 0 Å². The van der Waals surface area contributed by atoms with Crippen molar-refractivity contribution < 1.29 is 4.39 Å². The molecule has 2 aromatic heterocycles. The van der Waals surface area contributed by atoms with Gasteiger partial charge in [-0.2, -0.15) is 5.10 Å². The van der Waals surface area contributed by atoms with Crippen molar-refractivity contribution in [2.45, 2.75) is 33.2 Å². The molecule has 0 N–H and O–H groups in total. The van der Waals surface area contributed by atoms with Gasteiger partial charge in [-0.1, -0.05) is 26.0 Å². The molecule has 0 fully saturated rings. The van der Waals surface area contributed by atoms with Gasteiger partial charge in [-0.3, -0.25) is 4.68 Å². The van der Waals surface area contributed by atoms with Crippen molar-refractivity contribution in [3.63, 3.8) is 0 Å². The Morgan fingerprint density at radius 1 is 1.29 bits per heavy atom. The van der Waals surface area contributed by atoms with Crippen LogP contribution < -0.4 is 4.90 Å². The minimum absolute atomic E-state index is 0.282. The largest absolute Gasteiger partial charge is 0.370 e. The zero-order valence-corrected chi connectivity index (χ0v) is 14.8. The highest BCUT2D eigenvalue weighted by Gasteiger charge is 2.16. The Labute approximate surface area is 141 Å². The maximum absolute atomic E-state index is 14.1. The number of pyridine rings is 1. The molecule has 2 heterocycles. The van der Waals surface area contributed by atoms with Crippen molar-refractivity contribution in [2.75, 3.05) is 11.9 Å². The van der Waals surface area contributed by atoms with Gasteiger partial charge >= 0.3 is 0 Å². The molecule has 0 amide bonds. The van der Waals surface area contributed by atoms with Crippen LogP contribution in [0.4, 0.5) is 10.1 Å². The van der Waals surface area contributed by atoms with Gasteiger partial charge in [0.05, 0.1) is 5.69 Å². The molecule has 5 heteroatoms. The summed E-state index contributed by atoms with van der Waals surface area (Å²) in [5.74, 6) is 0.0815. The molecule has 24 heavy (non-hydrogen) atoms. The highest BCUT2D eigenvalue weighted by atomic mass is 19.1. The van der Waals surface area contributed by atoms with E-state index in [2.05, 4.69) is 35.0 Å². The van der Waals surface area contributed by atoms with E-state index in [-0.39, 0.29) is 5.82 Å². The number of aromatic nitrogens is 3. The predicted octanol–water partition coefficient (Wildman–Crippen LogP) is 4.18. The second kappa shape index (κ2) is 6.23. The first-order valence-corrected chi connectivity index (χ1v) is 8.16. The molecule has 0 spiro atoms. The van der Waals surface area contributed by atoms with Crippen LogP contribution in [0.5, 0.6) is 0 Å². The van der Waals surface area contributed by atoms with Crippen LogP contribution in [0.3, 0.4) is 0 Å². The number of benzene rings is 1. The Hall–Kier alpha value is -2.43. The van der Waals surface area contributed by atoms with Crippen LogP contribution in [-0.4, -0.2) is 21.8 Å². The van der Waals surface area contributed by atoms with Gasteiger partial charge < -0.3 is 4.90 Å². The molecule has 3 rings (SSSR count). The number of hydrogen-bond acceptors (Lipinski definition) is 3. The minimum atomic E-state index is -0.282. The van der Waals surface area contributed by atoms with E-state index in [1.165, 1.54) is 11.6 Å². The summed E-state index contributed by atoms with van der Waals surface area (Å²) in [7, 11) is 3.97. The highest BCUT2D eigenvalue weighted by molar-refractivity contribution is 5.92. The van der Waals surface area contributed by atoms with Crippen LogP contribution >= 0.6 is 0 Å². The summed E-state index contributed by atoms with van der Waals surface area (Å²) in [4.78, 5) is 6.50. The molecule has 3 aromatic rings. The normalized spacial score (nSPS) is 11.5. The first-order chi connectivity index (χ1) is 11.4. The Bertz CT molecular complexity index is 882. The Morgan fingerprint density at radius 2 is 2.04 bits per heavy atom. The molecule has 126 valence electrons. The smallest absolute Gasteiger partial charge is 0.149 e. The van der Waals surface area contributed by atoms with Crippen LogP contribution in [0.15, 0.2) is 30.5 Å². The summed E-state index contributed by atoms with van der Waals surface area (Å²) >= 11 is 0. The maximum atomic E-state index is 14.1. The van der Waals surface area contributed by atoms with Gasteiger partial charge in [0.2, 0.25) is 0 Å². The first-order valence-electron chi connectivity index (χ1n) is 8.16. The highest BCUT2D eigenvalue weighted by Crippen LogP contribution is 2.29. The lowest BCUT2D eigenvalue weighted by Crippen LogP contribution is -2.18. The molecular formula is C19H23FN4. The molecule has 0 saturated carbocycles. The van der Waals surface area contributed by atoms with Crippen LogP contribution in [0, 0.1) is 12.7 Å². The molecular weight excluding hydrogens is 303 g/mol. The molecule has 0 aliphatic rings. The van der Waals surface area contributed by atoms with Gasteiger partial charge in [-0.05, 0) is 25.0 Å². The van der Waals surface area contributed by atoms with Crippen LogP contribution in [0.1, 0.15) is 36.7 Å². The maximum Gasteiger partial charge on any atom is 0.149 e. The SMILES string of the molecule is Cc1cc(N(C)Cc2cn(C)nc2C(C)C)c2cccc(F)c2n1. The second-order valence-corrected chi connectivity index (χ2v) is 6.64. The number of hydrogen-bond donors (Lipinski definition) is 0. The topological polar surface area (TPSA) is 34.0 Å². The number of fused-ring (bicyclic) bond motifs is 1. The monoisotopic (exact) mass is 326 g/mol. The number of para-hydroxylation sites is 1. The number of nitrogens with zero attached hydrogens (tertiary/aromatic N) is 4. The molecule has 0 aliphatic carbocycles. The van der Waals surface area contributed by atoms with Gasteiger partial charge in [-0.25, -0.2) is 9.37 Å². The van der Waals surface area contributed by atoms with E-state index in [4.69, 9.17) is 0 Å². The quantitative estimate of drug-likeness (QED) is 0.721. The van der Waals surface area contributed by atoms with Crippen molar-refractivity contribution in [1.82, 2.24) is 14.8 Å². The zero-order chi connectivity index (χ0) is 17.4. The fourth-order valence-corrected chi connectivity index (χ4v) is 3.14. The average Bonchev–Trinajstić information content (AvgIpc) is 2.88. The van der Waals surface area contributed by atoms with Gasteiger partial charge in [-0.15, -0.1) is 0 Å². The number of halogens is 1. The predicted molar refractivity (Wildman–Crippen MR) is 95.8 cm³/mol. The fourth-order valence-electron chi connectivity index (χ4n) is 3.14. The van der Waals surface area contributed by atoms with Crippen molar-refractivity contribution >= 4 is 16.6 Å². The van der Waals surface area contributed by atoms with E-state index in [1.54, 1.807) is 6.07 Å². The Kier molecular flexibility index (Phi) is 4.26. The molecule has 0 aliphatic heterocycles. The third kappa shape index (κ3) is 2.98. The molecule has 0 bridgehead atoms. The summed E-state index contributed by atoms with van der Waals surface area (Å²) in [5, 5.41) is 5.40. The summed E-state index contributed by atoms with van der Waals surface area (Å²) in [6.07, 6.45) is 2.06. The van der Waals surface area contributed by atoms with Gasteiger partial charge in [0.1, 0.15) is 11.3 Å². The summed E-state index contributed by atoms with van der Waals surface area (Å²) < 4.78 is 16.0. The first kappa shape index (κ1) is 16.4. The van der Waals surface area contributed by atoms with Crippen molar-refractivity contribution in [2.24, 2.45) is 7.05 Å². The van der Waals surface area contributed by atoms with E-state index < -0.39 is 0 Å². The van der Waals surface area contributed by atoms with Gasteiger partial charge in [0.25, 0.3) is 0 Å². The van der Waals surface area contributed by atoms with Crippen LogP contribution in [0.25, 0.3) is 10.9 Å².